The van der Waals surface area contributed by atoms with Crippen LogP contribution in [0.25, 0.3) is 0 Å². The Bertz CT molecular complexity index is 851. The predicted octanol–water partition coefficient (Wildman–Crippen LogP) is 3.60. The summed E-state index contributed by atoms with van der Waals surface area (Å²) in [6.07, 6.45) is -2.77. The van der Waals surface area contributed by atoms with Crippen molar-refractivity contribution in [2.75, 3.05) is 11.1 Å². The largest absolute Gasteiger partial charge is 0.416 e. The maximum Gasteiger partial charge on any atom is 0.416 e. The van der Waals surface area contributed by atoms with Crippen molar-refractivity contribution in [1.82, 2.24) is 10.2 Å². The Morgan fingerprint density at radius 2 is 2.12 bits per heavy atom. The van der Waals surface area contributed by atoms with Crippen LogP contribution in [0.4, 0.5) is 24.5 Å². The molecule has 138 valence electrons. The minimum Gasteiger partial charge on any atom is -0.416 e. The van der Waals surface area contributed by atoms with Gasteiger partial charge in [0.2, 0.25) is 11.8 Å². The van der Waals surface area contributed by atoms with Crippen molar-refractivity contribution in [2.24, 2.45) is 0 Å². The number of nitro groups is 1. The number of nitro benzene ring substituents is 1. The van der Waals surface area contributed by atoms with Crippen LogP contribution in [0.15, 0.2) is 27.8 Å². The van der Waals surface area contributed by atoms with Gasteiger partial charge in [-0.1, -0.05) is 11.8 Å². The van der Waals surface area contributed by atoms with E-state index in [0.29, 0.717) is 18.0 Å². The van der Waals surface area contributed by atoms with Gasteiger partial charge in [0.15, 0.2) is 0 Å². The molecule has 3 rings (SSSR count). The second-order valence-corrected chi connectivity index (χ2v) is 6.43. The van der Waals surface area contributed by atoms with Crippen molar-refractivity contribution in [1.29, 1.82) is 0 Å². The molecule has 1 N–H and O–H groups in total. The van der Waals surface area contributed by atoms with Crippen LogP contribution in [0.2, 0.25) is 0 Å². The van der Waals surface area contributed by atoms with Crippen molar-refractivity contribution in [2.45, 2.75) is 30.2 Å². The summed E-state index contributed by atoms with van der Waals surface area (Å²) in [6.45, 7) is 0. The average Bonchev–Trinajstić information content (AvgIpc) is 3.30. The molecule has 1 aromatic heterocycles. The van der Waals surface area contributed by atoms with Gasteiger partial charge in [-0.25, -0.2) is 0 Å². The molecule has 0 atom stereocenters. The number of carbonyl (C=O) groups excluding carboxylic acids is 1. The van der Waals surface area contributed by atoms with Gasteiger partial charge in [-0.05, 0) is 25.0 Å². The monoisotopic (exact) mass is 388 g/mol. The Morgan fingerprint density at radius 1 is 1.38 bits per heavy atom. The molecule has 1 aromatic carbocycles. The summed E-state index contributed by atoms with van der Waals surface area (Å²) in [7, 11) is 0. The highest BCUT2D eigenvalue weighted by Gasteiger charge is 2.33. The summed E-state index contributed by atoms with van der Waals surface area (Å²) < 4.78 is 43.3. The van der Waals surface area contributed by atoms with Crippen LogP contribution in [0.5, 0.6) is 0 Å². The molecular weight excluding hydrogens is 377 g/mol. The van der Waals surface area contributed by atoms with E-state index in [-0.39, 0.29) is 22.6 Å². The first-order chi connectivity index (χ1) is 12.2. The summed E-state index contributed by atoms with van der Waals surface area (Å²) in [5, 5.41) is 21.0. The maximum atomic E-state index is 12.7. The van der Waals surface area contributed by atoms with Gasteiger partial charge in [-0.3, -0.25) is 14.9 Å². The fourth-order valence-electron chi connectivity index (χ4n) is 2.05. The zero-order valence-electron chi connectivity index (χ0n) is 12.9. The highest BCUT2D eigenvalue weighted by atomic mass is 32.2. The molecule has 0 spiro atoms. The number of aromatic nitrogens is 2. The van der Waals surface area contributed by atoms with E-state index in [0.717, 1.165) is 30.7 Å². The molecule has 12 heteroatoms. The van der Waals surface area contributed by atoms with E-state index in [4.69, 9.17) is 4.42 Å². The second-order valence-electron chi connectivity index (χ2n) is 5.50. The number of alkyl halides is 3. The van der Waals surface area contributed by atoms with Gasteiger partial charge in [0.05, 0.1) is 16.2 Å². The van der Waals surface area contributed by atoms with Crippen LogP contribution in [-0.2, 0) is 11.0 Å². The lowest BCUT2D eigenvalue weighted by molar-refractivity contribution is -0.384. The summed E-state index contributed by atoms with van der Waals surface area (Å²) >= 11 is 0.933. The third-order valence-electron chi connectivity index (χ3n) is 3.47. The molecule has 1 aliphatic rings. The lowest BCUT2D eigenvalue weighted by Gasteiger charge is -2.09. The number of nitrogens with one attached hydrogen (secondary N) is 1. The number of halogens is 3. The number of amides is 1. The first-order valence-corrected chi connectivity index (χ1v) is 8.34. The topological polar surface area (TPSA) is 111 Å². The van der Waals surface area contributed by atoms with Crippen molar-refractivity contribution >= 4 is 29.0 Å². The van der Waals surface area contributed by atoms with E-state index in [1.807, 2.05) is 0 Å². The summed E-state index contributed by atoms with van der Waals surface area (Å²) in [5.74, 6) is -0.0689. The lowest BCUT2D eigenvalue weighted by Crippen LogP contribution is -2.16. The van der Waals surface area contributed by atoms with Gasteiger partial charge in [0.25, 0.3) is 10.9 Å². The van der Waals surface area contributed by atoms with E-state index in [1.165, 1.54) is 0 Å². The molecular formula is C14H11F3N4O4S. The van der Waals surface area contributed by atoms with Gasteiger partial charge in [-0.2, -0.15) is 13.2 Å². The zero-order valence-corrected chi connectivity index (χ0v) is 13.8. The average molecular weight is 388 g/mol. The number of thioether (sulfide) groups is 1. The van der Waals surface area contributed by atoms with Crippen molar-refractivity contribution < 1.29 is 27.3 Å². The standard InChI is InChI=1S/C14H11F3N4O4S/c15-14(16,17)8-3-4-9(10(5-8)21(23)24)18-11(22)6-26-13-20-19-12(25-13)7-1-2-7/h3-5,7H,1-2,6H2,(H,18,22). The van der Waals surface area contributed by atoms with Gasteiger partial charge in [0, 0.05) is 12.0 Å². The maximum absolute atomic E-state index is 12.7. The molecule has 8 nitrogen and oxygen atoms in total. The molecule has 2 aromatic rings. The molecule has 1 amide bonds. The molecule has 0 bridgehead atoms. The normalized spacial score (nSPS) is 14.3. The van der Waals surface area contributed by atoms with Gasteiger partial charge in [-0.15, -0.1) is 10.2 Å². The molecule has 0 unspecified atom stereocenters. The predicted molar refractivity (Wildman–Crippen MR) is 83.7 cm³/mol. The Balaban J connectivity index is 1.64. The Kier molecular flexibility index (Phi) is 4.85. The van der Waals surface area contributed by atoms with Crippen LogP contribution >= 0.6 is 11.8 Å². The Labute approximate surface area is 148 Å². The minimum absolute atomic E-state index is 0.184. The quantitative estimate of drug-likeness (QED) is 0.457. The molecule has 1 saturated carbocycles. The SMILES string of the molecule is O=C(CSc1nnc(C2CC2)o1)Nc1ccc(C(F)(F)F)cc1[N+](=O)[O-]. The number of benzene rings is 1. The molecule has 0 saturated heterocycles. The van der Waals surface area contributed by atoms with Crippen LogP contribution in [-0.4, -0.2) is 26.8 Å². The Morgan fingerprint density at radius 3 is 2.73 bits per heavy atom. The fourth-order valence-corrected chi connectivity index (χ4v) is 2.62. The fraction of sp³-hybridized carbons (Fsp3) is 0.357. The zero-order chi connectivity index (χ0) is 18.9. The molecule has 26 heavy (non-hydrogen) atoms. The Hall–Kier alpha value is -2.63. The first kappa shape index (κ1) is 18.2. The van der Waals surface area contributed by atoms with Gasteiger partial charge >= 0.3 is 6.18 Å². The van der Waals surface area contributed by atoms with E-state index in [1.54, 1.807) is 0 Å². The van der Waals surface area contributed by atoms with Crippen LogP contribution in [0.1, 0.15) is 30.2 Å². The summed E-state index contributed by atoms with van der Waals surface area (Å²) in [6, 6.07) is 1.89. The first-order valence-electron chi connectivity index (χ1n) is 7.35. The van der Waals surface area contributed by atoms with Crippen molar-refractivity contribution in [3.05, 3.63) is 39.8 Å². The third kappa shape index (κ3) is 4.31. The highest BCUT2D eigenvalue weighted by molar-refractivity contribution is 7.99. The highest BCUT2D eigenvalue weighted by Crippen LogP contribution is 2.40. The number of anilines is 1. The van der Waals surface area contributed by atoms with Crippen molar-refractivity contribution in [3.63, 3.8) is 0 Å². The van der Waals surface area contributed by atoms with Gasteiger partial charge in [0.1, 0.15) is 5.69 Å². The summed E-state index contributed by atoms with van der Waals surface area (Å²) in [4.78, 5) is 21.9. The smallest absolute Gasteiger partial charge is 0.416 e. The van der Waals surface area contributed by atoms with E-state index in [2.05, 4.69) is 15.5 Å². The van der Waals surface area contributed by atoms with Crippen LogP contribution in [0.3, 0.4) is 0 Å². The molecule has 1 aliphatic carbocycles. The lowest BCUT2D eigenvalue weighted by atomic mass is 10.1. The molecule has 0 radical (unpaired) electrons. The number of nitrogens with zero attached hydrogens (tertiary/aromatic N) is 3. The molecule has 1 heterocycles. The van der Waals surface area contributed by atoms with Crippen LogP contribution < -0.4 is 5.32 Å². The van der Waals surface area contributed by atoms with E-state index in [9.17, 15) is 28.1 Å². The van der Waals surface area contributed by atoms with Crippen molar-refractivity contribution in [3.8, 4) is 0 Å². The van der Waals surface area contributed by atoms with Gasteiger partial charge < -0.3 is 9.73 Å². The minimum atomic E-state index is -4.72. The number of carbonyl (C=O) groups is 1. The number of hydrogen-bond donors (Lipinski definition) is 1. The van der Waals surface area contributed by atoms with E-state index >= 15 is 0 Å². The van der Waals surface area contributed by atoms with Crippen LogP contribution in [0, 0.1) is 10.1 Å². The third-order valence-corrected chi connectivity index (χ3v) is 4.29. The number of hydrogen-bond acceptors (Lipinski definition) is 7. The number of rotatable bonds is 6. The molecule has 1 fully saturated rings. The molecule has 0 aliphatic heterocycles. The summed E-state index contributed by atoms with van der Waals surface area (Å²) in [5.41, 5.74) is -2.33. The van der Waals surface area contributed by atoms with E-state index < -0.39 is 28.3 Å². The second kappa shape index (κ2) is 6.94.